The summed E-state index contributed by atoms with van der Waals surface area (Å²) >= 11 is 0. The van der Waals surface area contributed by atoms with Crippen LogP contribution in [-0.2, 0) is 4.79 Å². The maximum Gasteiger partial charge on any atom is 0.269 e. The van der Waals surface area contributed by atoms with Crippen LogP contribution in [0, 0.1) is 21.4 Å². The summed E-state index contributed by atoms with van der Waals surface area (Å²) in [4.78, 5) is 42.1. The minimum Gasteiger partial charge on any atom is -0.338 e. The number of carbonyl (C=O) groups is 2. The standard InChI is InChI=1S/C23H19N5O4/c24-14-19(23(30)27-12-4-1-5-13-27)20-17-6-2-3-7-18(17)21(25-20)26-22(29)15-8-10-16(11-9-15)28(31)32/h2-3,6-11H,1,4-5,12-13H2,(H,25,26,29)/b20-19-. The predicted octanol–water partition coefficient (Wildman–Crippen LogP) is 3.03. The molecule has 2 aromatic rings. The monoisotopic (exact) mass is 429 g/mol. The Hall–Kier alpha value is -4.32. The normalized spacial score (nSPS) is 16.5. The highest BCUT2D eigenvalue weighted by atomic mass is 16.6. The molecule has 9 nitrogen and oxygen atoms in total. The largest absolute Gasteiger partial charge is 0.338 e. The summed E-state index contributed by atoms with van der Waals surface area (Å²) in [6, 6.07) is 14.3. The van der Waals surface area contributed by atoms with Crippen molar-refractivity contribution < 1.29 is 14.5 Å². The number of nitro benzene ring substituents is 1. The molecule has 0 aliphatic carbocycles. The number of rotatable bonds is 3. The van der Waals surface area contributed by atoms with E-state index in [9.17, 15) is 25.0 Å². The number of amides is 2. The van der Waals surface area contributed by atoms with Crippen molar-refractivity contribution in [3.05, 3.63) is 80.9 Å². The summed E-state index contributed by atoms with van der Waals surface area (Å²) in [6.45, 7) is 1.21. The molecule has 2 aromatic carbocycles. The van der Waals surface area contributed by atoms with Crippen LogP contribution in [0.4, 0.5) is 5.69 Å². The zero-order valence-corrected chi connectivity index (χ0v) is 17.1. The number of piperidine rings is 1. The van der Waals surface area contributed by atoms with Gasteiger partial charge in [0.25, 0.3) is 17.5 Å². The fourth-order valence-electron chi connectivity index (χ4n) is 3.79. The molecule has 9 heteroatoms. The Labute approximate surface area is 183 Å². The predicted molar refractivity (Wildman–Crippen MR) is 117 cm³/mol. The lowest BCUT2D eigenvalue weighted by Gasteiger charge is -2.26. The van der Waals surface area contributed by atoms with E-state index >= 15 is 0 Å². The molecule has 0 aromatic heterocycles. The van der Waals surface area contributed by atoms with E-state index in [0.717, 1.165) is 19.3 Å². The highest BCUT2D eigenvalue weighted by molar-refractivity contribution is 6.20. The Kier molecular flexibility index (Phi) is 5.77. The van der Waals surface area contributed by atoms with Gasteiger partial charge < -0.3 is 10.2 Å². The number of carbonyl (C=O) groups excluding carboxylic acids is 2. The molecule has 0 unspecified atom stereocenters. The average Bonchev–Trinajstić information content (AvgIpc) is 3.18. The Balaban J connectivity index is 1.67. The molecule has 2 aliphatic heterocycles. The third-order valence-corrected chi connectivity index (χ3v) is 5.44. The molecule has 0 atom stereocenters. The van der Waals surface area contributed by atoms with Crippen LogP contribution in [0.25, 0.3) is 5.70 Å². The first kappa shape index (κ1) is 20.9. The third-order valence-electron chi connectivity index (χ3n) is 5.44. The maximum absolute atomic E-state index is 13.0. The molecule has 2 aliphatic rings. The molecule has 4 rings (SSSR count). The lowest BCUT2D eigenvalue weighted by molar-refractivity contribution is -0.384. The van der Waals surface area contributed by atoms with Crippen molar-refractivity contribution in [2.45, 2.75) is 19.3 Å². The Bertz CT molecular complexity index is 1200. The number of likely N-dealkylation sites (tertiary alicyclic amines) is 1. The smallest absolute Gasteiger partial charge is 0.269 e. The second-order valence-corrected chi connectivity index (χ2v) is 7.45. The van der Waals surface area contributed by atoms with E-state index in [0.29, 0.717) is 24.2 Å². The van der Waals surface area contributed by atoms with Crippen LogP contribution in [0.3, 0.4) is 0 Å². The molecule has 0 bridgehead atoms. The van der Waals surface area contributed by atoms with Crippen LogP contribution in [0.2, 0.25) is 0 Å². The molecule has 160 valence electrons. The summed E-state index contributed by atoms with van der Waals surface area (Å²) in [7, 11) is 0. The highest BCUT2D eigenvalue weighted by Gasteiger charge is 2.29. The van der Waals surface area contributed by atoms with Crippen LogP contribution >= 0.6 is 0 Å². The van der Waals surface area contributed by atoms with E-state index in [2.05, 4.69) is 10.3 Å². The number of benzene rings is 2. The van der Waals surface area contributed by atoms with Crippen molar-refractivity contribution in [2.75, 3.05) is 13.1 Å². The van der Waals surface area contributed by atoms with E-state index in [4.69, 9.17) is 0 Å². The number of amidine groups is 1. The molecule has 1 saturated heterocycles. The maximum atomic E-state index is 13.0. The van der Waals surface area contributed by atoms with Gasteiger partial charge in [0.15, 0.2) is 0 Å². The van der Waals surface area contributed by atoms with Gasteiger partial charge in [-0.05, 0) is 31.4 Å². The lowest BCUT2D eigenvalue weighted by Crippen LogP contribution is -2.36. The van der Waals surface area contributed by atoms with Crippen molar-refractivity contribution in [1.29, 1.82) is 5.26 Å². The molecule has 2 amide bonds. The summed E-state index contributed by atoms with van der Waals surface area (Å²) in [5, 5.41) is 23.3. The van der Waals surface area contributed by atoms with Crippen molar-refractivity contribution in [1.82, 2.24) is 10.2 Å². The molecule has 0 saturated carbocycles. The third kappa shape index (κ3) is 3.98. The first-order chi connectivity index (χ1) is 15.5. The van der Waals surface area contributed by atoms with Gasteiger partial charge in [-0.2, -0.15) is 5.26 Å². The van der Waals surface area contributed by atoms with E-state index in [1.807, 2.05) is 6.07 Å². The number of non-ortho nitro benzene ring substituents is 1. The van der Waals surface area contributed by atoms with Gasteiger partial charge in [-0.15, -0.1) is 0 Å². The van der Waals surface area contributed by atoms with Crippen molar-refractivity contribution in [3.8, 4) is 6.07 Å². The summed E-state index contributed by atoms with van der Waals surface area (Å²) in [5.41, 5.74) is 1.46. The number of nitrogens with one attached hydrogen (secondary N) is 1. The van der Waals surface area contributed by atoms with Crippen LogP contribution in [-0.4, -0.2) is 40.6 Å². The van der Waals surface area contributed by atoms with Gasteiger partial charge in [-0.25, -0.2) is 4.99 Å². The van der Waals surface area contributed by atoms with E-state index < -0.39 is 10.8 Å². The van der Waals surface area contributed by atoms with Gasteiger partial charge in [-0.3, -0.25) is 19.7 Å². The quantitative estimate of drug-likeness (QED) is 0.347. The topological polar surface area (TPSA) is 129 Å². The Morgan fingerprint density at radius 3 is 2.31 bits per heavy atom. The second-order valence-electron chi connectivity index (χ2n) is 7.45. The summed E-state index contributed by atoms with van der Waals surface area (Å²) < 4.78 is 0. The van der Waals surface area contributed by atoms with Gasteiger partial charge in [0.2, 0.25) is 0 Å². The number of nitriles is 1. The van der Waals surface area contributed by atoms with Crippen LogP contribution in [0.15, 0.2) is 59.1 Å². The number of hydrogen-bond donors (Lipinski definition) is 1. The molecular weight excluding hydrogens is 410 g/mol. The van der Waals surface area contributed by atoms with Crippen molar-refractivity contribution in [2.24, 2.45) is 4.99 Å². The van der Waals surface area contributed by atoms with Crippen molar-refractivity contribution in [3.63, 3.8) is 0 Å². The fourth-order valence-corrected chi connectivity index (χ4v) is 3.79. The zero-order chi connectivity index (χ0) is 22.7. The van der Waals surface area contributed by atoms with E-state index in [1.54, 1.807) is 29.2 Å². The SMILES string of the molecule is N#C/C(C(=O)N1CCCCC1)=C1/N=C(NC(=O)c2ccc([N+](=O)[O-])cc2)c2ccccc21. The van der Waals surface area contributed by atoms with Gasteiger partial charge in [0.05, 0.1) is 10.6 Å². The van der Waals surface area contributed by atoms with Crippen molar-refractivity contribution >= 4 is 29.0 Å². The molecule has 0 spiro atoms. The summed E-state index contributed by atoms with van der Waals surface area (Å²) in [6.07, 6.45) is 2.86. The molecule has 1 fully saturated rings. The number of nitro groups is 1. The van der Waals surface area contributed by atoms with Gasteiger partial charge in [0.1, 0.15) is 17.5 Å². The van der Waals surface area contributed by atoms with Gasteiger partial charge in [0, 0.05) is 41.9 Å². The number of nitrogens with zero attached hydrogens (tertiary/aromatic N) is 4. The average molecular weight is 429 g/mol. The first-order valence-corrected chi connectivity index (χ1v) is 10.2. The molecular formula is C23H19N5O4. The van der Waals surface area contributed by atoms with Crippen LogP contribution < -0.4 is 5.32 Å². The number of fused-ring (bicyclic) bond motifs is 1. The highest BCUT2D eigenvalue weighted by Crippen LogP contribution is 2.31. The molecule has 2 heterocycles. The van der Waals surface area contributed by atoms with E-state index in [1.165, 1.54) is 24.3 Å². The van der Waals surface area contributed by atoms with Crippen LogP contribution in [0.5, 0.6) is 0 Å². The second kappa shape index (κ2) is 8.81. The Morgan fingerprint density at radius 1 is 1.03 bits per heavy atom. The number of aliphatic imine (C=N–C) groups is 1. The van der Waals surface area contributed by atoms with Gasteiger partial charge in [-0.1, -0.05) is 24.3 Å². The summed E-state index contributed by atoms with van der Waals surface area (Å²) in [5.74, 6) is -0.641. The minimum atomic E-state index is -0.543. The lowest BCUT2D eigenvalue weighted by atomic mass is 10.0. The number of hydrogen-bond acceptors (Lipinski definition) is 6. The minimum absolute atomic E-state index is 0.0565. The Morgan fingerprint density at radius 2 is 1.69 bits per heavy atom. The molecule has 32 heavy (non-hydrogen) atoms. The molecule has 0 radical (unpaired) electrons. The van der Waals surface area contributed by atoms with E-state index in [-0.39, 0.29) is 34.3 Å². The van der Waals surface area contributed by atoms with Gasteiger partial charge >= 0.3 is 0 Å². The van der Waals surface area contributed by atoms with Crippen LogP contribution in [0.1, 0.15) is 40.7 Å². The molecule has 1 N–H and O–H groups in total. The first-order valence-electron chi connectivity index (χ1n) is 10.2. The fraction of sp³-hybridized carbons (Fsp3) is 0.217. The zero-order valence-electron chi connectivity index (χ0n) is 17.1.